The van der Waals surface area contributed by atoms with Crippen molar-refractivity contribution in [2.45, 2.75) is 20.5 Å². The zero-order chi connectivity index (χ0) is 18.7. The van der Waals surface area contributed by atoms with Crippen molar-refractivity contribution in [1.82, 2.24) is 0 Å². The summed E-state index contributed by atoms with van der Waals surface area (Å²) in [6, 6.07) is 12.8. The highest BCUT2D eigenvalue weighted by Crippen LogP contribution is 2.27. The molecule has 0 aliphatic carbocycles. The maximum Gasteiger partial charge on any atom is 0.265 e. The molecule has 26 heavy (non-hydrogen) atoms. The molecule has 1 heterocycles. The van der Waals surface area contributed by atoms with Crippen LogP contribution in [0.25, 0.3) is 0 Å². The van der Waals surface area contributed by atoms with Gasteiger partial charge in [0.2, 0.25) is 0 Å². The lowest BCUT2D eigenvalue weighted by Gasteiger charge is -2.08. The Kier molecular flexibility index (Phi) is 5.87. The van der Waals surface area contributed by atoms with Crippen molar-refractivity contribution in [2.24, 2.45) is 0 Å². The van der Waals surface area contributed by atoms with E-state index in [-0.39, 0.29) is 5.91 Å². The van der Waals surface area contributed by atoms with Gasteiger partial charge < -0.3 is 10.1 Å². The van der Waals surface area contributed by atoms with Crippen molar-refractivity contribution in [3.63, 3.8) is 0 Å². The van der Waals surface area contributed by atoms with Crippen LogP contribution in [0.3, 0.4) is 0 Å². The van der Waals surface area contributed by atoms with Crippen molar-refractivity contribution in [2.75, 3.05) is 5.32 Å². The number of thiophene rings is 1. The fourth-order valence-electron chi connectivity index (χ4n) is 2.47. The molecule has 0 bridgehead atoms. The van der Waals surface area contributed by atoms with E-state index < -0.39 is 0 Å². The molecule has 0 saturated carbocycles. The van der Waals surface area contributed by atoms with Crippen LogP contribution in [0.1, 0.15) is 26.4 Å². The van der Waals surface area contributed by atoms with Gasteiger partial charge in [0.25, 0.3) is 5.91 Å². The van der Waals surface area contributed by atoms with Gasteiger partial charge in [0.05, 0.1) is 15.6 Å². The summed E-state index contributed by atoms with van der Waals surface area (Å²) in [7, 11) is 0. The summed E-state index contributed by atoms with van der Waals surface area (Å²) in [5, 5.41) is 5.64. The van der Waals surface area contributed by atoms with Gasteiger partial charge >= 0.3 is 0 Å². The van der Waals surface area contributed by atoms with Gasteiger partial charge in [-0.1, -0.05) is 40.9 Å². The highest BCUT2D eigenvalue weighted by Gasteiger charge is 2.12. The van der Waals surface area contributed by atoms with Crippen molar-refractivity contribution in [3.05, 3.63) is 79.5 Å². The predicted octanol–water partition coefficient (Wildman–Crippen LogP) is 6.50. The lowest BCUT2D eigenvalue weighted by Crippen LogP contribution is -2.10. The van der Waals surface area contributed by atoms with E-state index in [0.717, 1.165) is 16.9 Å². The third kappa shape index (κ3) is 4.58. The molecule has 0 radical (unpaired) electrons. The van der Waals surface area contributed by atoms with Crippen LogP contribution in [0.4, 0.5) is 5.69 Å². The van der Waals surface area contributed by atoms with Gasteiger partial charge in [-0.05, 0) is 55.1 Å². The van der Waals surface area contributed by atoms with Crippen LogP contribution in [0.2, 0.25) is 10.0 Å². The van der Waals surface area contributed by atoms with Crippen LogP contribution < -0.4 is 10.1 Å². The molecule has 1 amide bonds. The average molecular weight is 406 g/mol. The number of hydrogen-bond donors (Lipinski definition) is 1. The normalized spacial score (nSPS) is 10.6. The van der Waals surface area contributed by atoms with Crippen LogP contribution in [0.5, 0.6) is 5.75 Å². The minimum Gasteiger partial charge on any atom is -0.489 e. The first-order chi connectivity index (χ1) is 12.4. The molecule has 0 aliphatic heterocycles. The van der Waals surface area contributed by atoms with Crippen LogP contribution in [0.15, 0.2) is 47.8 Å². The number of amides is 1. The first kappa shape index (κ1) is 18.8. The number of rotatable bonds is 5. The number of halogens is 2. The van der Waals surface area contributed by atoms with Gasteiger partial charge in [0.1, 0.15) is 12.4 Å². The molecule has 3 nitrogen and oxygen atoms in total. The molecular formula is C20H17Cl2NO2S. The molecule has 0 saturated heterocycles. The lowest BCUT2D eigenvalue weighted by molar-refractivity contribution is 0.103. The Morgan fingerprint density at radius 2 is 1.92 bits per heavy atom. The Morgan fingerprint density at radius 1 is 1.12 bits per heavy atom. The summed E-state index contributed by atoms with van der Waals surface area (Å²) < 4.78 is 5.86. The second-order valence-electron chi connectivity index (χ2n) is 5.96. The standard InChI is InChI=1S/C20H17Cl2NO2S/c1-12-3-6-18(13(2)7-12)25-10-14-8-19(26-11-14)20(24)23-17-5-4-15(21)9-16(17)22/h3-9,11H,10H2,1-2H3,(H,23,24). The molecular weight excluding hydrogens is 389 g/mol. The van der Waals surface area contributed by atoms with Crippen LogP contribution >= 0.6 is 34.5 Å². The fraction of sp³-hybridized carbons (Fsp3) is 0.150. The number of ether oxygens (including phenoxy) is 1. The molecule has 1 N–H and O–H groups in total. The second-order valence-corrected chi connectivity index (χ2v) is 7.71. The van der Waals surface area contributed by atoms with E-state index in [2.05, 4.69) is 11.4 Å². The van der Waals surface area contributed by atoms with Gasteiger partial charge in [-0.3, -0.25) is 4.79 Å². The van der Waals surface area contributed by atoms with E-state index >= 15 is 0 Å². The Labute approximate surface area is 166 Å². The SMILES string of the molecule is Cc1ccc(OCc2csc(C(=O)Nc3ccc(Cl)cc3Cl)c2)c(C)c1. The molecule has 3 rings (SSSR count). The quantitative estimate of drug-likeness (QED) is 0.525. The Morgan fingerprint density at radius 3 is 2.65 bits per heavy atom. The van der Waals surface area contributed by atoms with Gasteiger partial charge in [0, 0.05) is 10.6 Å². The van der Waals surface area contributed by atoms with Crippen molar-refractivity contribution in [1.29, 1.82) is 0 Å². The highest BCUT2D eigenvalue weighted by molar-refractivity contribution is 7.12. The fourth-order valence-corrected chi connectivity index (χ4v) is 3.72. The summed E-state index contributed by atoms with van der Waals surface area (Å²) in [6.45, 7) is 4.48. The average Bonchev–Trinajstić information content (AvgIpc) is 3.06. The molecule has 0 aliphatic rings. The minimum atomic E-state index is -0.211. The van der Waals surface area contributed by atoms with Crippen LogP contribution in [0, 0.1) is 13.8 Å². The lowest BCUT2D eigenvalue weighted by atomic mass is 10.1. The van der Waals surface area contributed by atoms with Crippen LogP contribution in [-0.2, 0) is 6.61 Å². The maximum atomic E-state index is 12.4. The third-order valence-electron chi connectivity index (χ3n) is 3.78. The first-order valence-electron chi connectivity index (χ1n) is 7.96. The number of hydrogen-bond acceptors (Lipinski definition) is 3. The second kappa shape index (κ2) is 8.12. The third-order valence-corrected chi connectivity index (χ3v) is 5.31. The van der Waals surface area contributed by atoms with Gasteiger partial charge in [-0.15, -0.1) is 11.3 Å². The number of aryl methyl sites for hydroxylation is 2. The summed E-state index contributed by atoms with van der Waals surface area (Å²) >= 11 is 13.3. The Bertz CT molecular complexity index is 953. The molecule has 1 aromatic heterocycles. The Hall–Kier alpha value is -2.01. The first-order valence-corrected chi connectivity index (χ1v) is 9.60. The molecule has 0 unspecified atom stereocenters. The van der Waals surface area contributed by atoms with E-state index in [1.165, 1.54) is 16.9 Å². The topological polar surface area (TPSA) is 38.3 Å². The zero-order valence-electron chi connectivity index (χ0n) is 14.3. The monoisotopic (exact) mass is 405 g/mol. The summed E-state index contributed by atoms with van der Waals surface area (Å²) in [6.07, 6.45) is 0. The number of carbonyl (C=O) groups is 1. The van der Waals surface area contributed by atoms with E-state index in [1.807, 2.05) is 37.4 Å². The summed E-state index contributed by atoms with van der Waals surface area (Å²) in [5.41, 5.74) is 3.77. The van der Waals surface area contributed by atoms with Crippen molar-refractivity contribution >= 4 is 46.1 Å². The Balaban J connectivity index is 1.64. The number of carbonyl (C=O) groups excluding carboxylic acids is 1. The smallest absolute Gasteiger partial charge is 0.265 e. The number of benzene rings is 2. The zero-order valence-corrected chi connectivity index (χ0v) is 16.6. The van der Waals surface area contributed by atoms with Crippen LogP contribution in [-0.4, -0.2) is 5.91 Å². The molecule has 0 fully saturated rings. The highest BCUT2D eigenvalue weighted by atomic mass is 35.5. The summed E-state index contributed by atoms with van der Waals surface area (Å²) in [5.74, 6) is 0.637. The van der Waals surface area contributed by atoms with E-state index in [0.29, 0.717) is 27.2 Å². The summed E-state index contributed by atoms with van der Waals surface area (Å²) in [4.78, 5) is 13.0. The maximum absolute atomic E-state index is 12.4. The number of nitrogens with one attached hydrogen (secondary N) is 1. The molecule has 134 valence electrons. The molecule has 6 heteroatoms. The van der Waals surface area contributed by atoms with E-state index in [9.17, 15) is 4.79 Å². The van der Waals surface area contributed by atoms with Crippen molar-refractivity contribution in [3.8, 4) is 5.75 Å². The molecule has 2 aromatic carbocycles. The van der Waals surface area contributed by atoms with Crippen molar-refractivity contribution < 1.29 is 9.53 Å². The van der Waals surface area contributed by atoms with Gasteiger partial charge in [-0.25, -0.2) is 0 Å². The molecule has 0 spiro atoms. The van der Waals surface area contributed by atoms with Gasteiger partial charge in [0.15, 0.2) is 0 Å². The van der Waals surface area contributed by atoms with Gasteiger partial charge in [-0.2, -0.15) is 0 Å². The largest absolute Gasteiger partial charge is 0.489 e. The van der Waals surface area contributed by atoms with E-state index in [4.69, 9.17) is 27.9 Å². The molecule has 3 aromatic rings. The molecule has 0 atom stereocenters. The number of anilines is 1. The van der Waals surface area contributed by atoms with E-state index in [1.54, 1.807) is 18.2 Å². The predicted molar refractivity (Wildman–Crippen MR) is 109 cm³/mol. The minimum absolute atomic E-state index is 0.211.